The third kappa shape index (κ3) is 1.81. The molecule has 0 unspecified atom stereocenters. The van der Waals surface area contributed by atoms with E-state index in [9.17, 15) is 0 Å². The van der Waals surface area contributed by atoms with Crippen molar-refractivity contribution in [3.8, 4) is 0 Å². The summed E-state index contributed by atoms with van der Waals surface area (Å²) in [5.41, 5.74) is 10.8. The van der Waals surface area contributed by atoms with Gasteiger partial charge in [-0.05, 0) is 49.4 Å². The lowest BCUT2D eigenvalue weighted by Gasteiger charge is -2.41. The summed E-state index contributed by atoms with van der Waals surface area (Å²) >= 11 is 0. The number of hydrogen-bond donors (Lipinski definition) is 1. The first-order valence-electron chi connectivity index (χ1n) is 5.73. The Kier molecular flexibility index (Phi) is 2.59. The summed E-state index contributed by atoms with van der Waals surface area (Å²) < 4.78 is 0. The van der Waals surface area contributed by atoms with Gasteiger partial charge in [-0.15, -0.1) is 0 Å². The zero-order chi connectivity index (χ0) is 11.0. The highest BCUT2D eigenvalue weighted by Gasteiger charge is 2.26. The molecule has 0 amide bonds. The van der Waals surface area contributed by atoms with Crippen LogP contribution in [0.2, 0.25) is 0 Å². The summed E-state index contributed by atoms with van der Waals surface area (Å²) in [6.45, 7) is 8.86. The minimum atomic E-state index is 0.867. The van der Waals surface area contributed by atoms with Crippen LogP contribution >= 0.6 is 0 Å². The molecule has 2 N–H and O–H groups in total. The molecule has 1 aliphatic heterocycles. The lowest BCUT2D eigenvalue weighted by Crippen LogP contribution is -2.46. The first-order chi connectivity index (χ1) is 7.11. The van der Waals surface area contributed by atoms with Gasteiger partial charge in [-0.2, -0.15) is 0 Å². The Hall–Kier alpha value is -1.18. The second-order valence-electron chi connectivity index (χ2n) is 4.67. The summed E-state index contributed by atoms with van der Waals surface area (Å²) in [6, 6.07) is 4.31. The van der Waals surface area contributed by atoms with E-state index in [-0.39, 0.29) is 0 Å². The number of nitrogens with zero attached hydrogens (tertiary/aromatic N) is 1. The second-order valence-corrected chi connectivity index (χ2v) is 4.67. The summed E-state index contributed by atoms with van der Waals surface area (Å²) in [7, 11) is 0. The first kappa shape index (κ1) is 10.3. The Morgan fingerprint density at radius 1 is 1.27 bits per heavy atom. The Morgan fingerprint density at radius 2 is 1.87 bits per heavy atom. The highest BCUT2D eigenvalue weighted by molar-refractivity contribution is 5.70. The van der Waals surface area contributed by atoms with E-state index in [2.05, 4.69) is 37.8 Å². The molecular weight excluding hydrogens is 184 g/mol. The number of benzene rings is 1. The minimum absolute atomic E-state index is 0.867. The van der Waals surface area contributed by atoms with Crippen molar-refractivity contribution in [3.05, 3.63) is 23.3 Å². The molecule has 0 spiro atoms. The Morgan fingerprint density at radius 3 is 2.47 bits per heavy atom. The van der Waals surface area contributed by atoms with Crippen LogP contribution in [-0.4, -0.2) is 13.1 Å². The molecule has 1 aromatic rings. The van der Waals surface area contributed by atoms with Crippen LogP contribution in [0.15, 0.2) is 12.1 Å². The van der Waals surface area contributed by atoms with Crippen molar-refractivity contribution < 1.29 is 0 Å². The van der Waals surface area contributed by atoms with Crippen molar-refractivity contribution in [1.82, 2.24) is 0 Å². The average molecular weight is 204 g/mol. The summed E-state index contributed by atoms with van der Waals surface area (Å²) in [4.78, 5) is 2.38. The van der Waals surface area contributed by atoms with Crippen LogP contribution in [0, 0.1) is 19.8 Å². The van der Waals surface area contributed by atoms with Gasteiger partial charge in [-0.3, -0.25) is 0 Å². The maximum Gasteiger partial charge on any atom is 0.0602 e. The summed E-state index contributed by atoms with van der Waals surface area (Å²) in [5, 5.41) is 0. The van der Waals surface area contributed by atoms with Gasteiger partial charge in [0.2, 0.25) is 0 Å². The number of hydrogen-bond acceptors (Lipinski definition) is 2. The smallest absolute Gasteiger partial charge is 0.0602 e. The maximum atomic E-state index is 6.05. The number of aryl methyl sites for hydroxylation is 2. The van der Waals surface area contributed by atoms with E-state index < -0.39 is 0 Å². The largest absolute Gasteiger partial charge is 0.397 e. The molecule has 1 aromatic carbocycles. The van der Waals surface area contributed by atoms with Crippen LogP contribution in [0.5, 0.6) is 0 Å². The predicted octanol–water partition coefficient (Wildman–Crippen LogP) is 2.73. The van der Waals surface area contributed by atoms with E-state index in [4.69, 9.17) is 5.73 Å². The van der Waals surface area contributed by atoms with E-state index in [1.165, 1.54) is 36.3 Å². The SMILES string of the molecule is CCC1CN(c2cc(C)c(C)cc2N)C1. The Balaban J connectivity index is 2.19. The van der Waals surface area contributed by atoms with Crippen LogP contribution in [0.3, 0.4) is 0 Å². The molecule has 82 valence electrons. The van der Waals surface area contributed by atoms with Gasteiger partial charge in [0.05, 0.1) is 11.4 Å². The molecule has 1 saturated heterocycles. The third-order valence-electron chi connectivity index (χ3n) is 3.52. The standard InChI is InChI=1S/C13H20N2/c1-4-11-7-15(8-11)13-6-10(3)9(2)5-12(13)14/h5-6,11H,4,7-8,14H2,1-3H3. The average Bonchev–Trinajstić information content (AvgIpc) is 2.12. The van der Waals surface area contributed by atoms with Crippen LogP contribution in [-0.2, 0) is 0 Å². The molecule has 0 aliphatic carbocycles. The van der Waals surface area contributed by atoms with E-state index >= 15 is 0 Å². The lowest BCUT2D eigenvalue weighted by molar-refractivity contribution is 0.399. The van der Waals surface area contributed by atoms with Gasteiger partial charge < -0.3 is 10.6 Å². The van der Waals surface area contributed by atoms with E-state index in [0.29, 0.717) is 0 Å². The lowest BCUT2D eigenvalue weighted by atomic mass is 9.95. The molecule has 1 fully saturated rings. The molecular formula is C13H20N2. The number of anilines is 2. The molecule has 0 bridgehead atoms. The fraction of sp³-hybridized carbons (Fsp3) is 0.538. The fourth-order valence-electron chi connectivity index (χ4n) is 2.12. The zero-order valence-electron chi connectivity index (χ0n) is 9.88. The van der Waals surface area contributed by atoms with Crippen molar-refractivity contribution in [2.45, 2.75) is 27.2 Å². The number of nitrogen functional groups attached to an aromatic ring is 1. The predicted molar refractivity (Wildman–Crippen MR) is 66.3 cm³/mol. The van der Waals surface area contributed by atoms with Gasteiger partial charge in [-0.25, -0.2) is 0 Å². The molecule has 2 rings (SSSR count). The van der Waals surface area contributed by atoms with Gasteiger partial charge in [0.1, 0.15) is 0 Å². The van der Waals surface area contributed by atoms with E-state index in [1.54, 1.807) is 0 Å². The highest BCUT2D eigenvalue weighted by Crippen LogP contribution is 2.32. The maximum absolute atomic E-state index is 6.05. The summed E-state index contributed by atoms with van der Waals surface area (Å²) in [6.07, 6.45) is 1.28. The molecule has 15 heavy (non-hydrogen) atoms. The van der Waals surface area contributed by atoms with E-state index in [1.807, 2.05) is 0 Å². The van der Waals surface area contributed by atoms with E-state index in [0.717, 1.165) is 11.6 Å². The van der Waals surface area contributed by atoms with Crippen molar-refractivity contribution in [3.63, 3.8) is 0 Å². The first-order valence-corrected chi connectivity index (χ1v) is 5.73. The topological polar surface area (TPSA) is 29.3 Å². The summed E-state index contributed by atoms with van der Waals surface area (Å²) in [5.74, 6) is 0.867. The molecule has 2 nitrogen and oxygen atoms in total. The van der Waals surface area contributed by atoms with Crippen molar-refractivity contribution in [2.75, 3.05) is 23.7 Å². The Bertz CT molecular complexity index is 365. The van der Waals surface area contributed by atoms with Gasteiger partial charge >= 0.3 is 0 Å². The van der Waals surface area contributed by atoms with Gasteiger partial charge in [0.15, 0.2) is 0 Å². The normalized spacial score (nSPS) is 16.6. The quantitative estimate of drug-likeness (QED) is 0.750. The highest BCUT2D eigenvalue weighted by atomic mass is 15.2. The molecule has 1 aliphatic rings. The zero-order valence-corrected chi connectivity index (χ0v) is 9.88. The van der Waals surface area contributed by atoms with Gasteiger partial charge in [0, 0.05) is 13.1 Å². The van der Waals surface area contributed by atoms with Gasteiger partial charge in [0.25, 0.3) is 0 Å². The second kappa shape index (κ2) is 3.76. The molecule has 1 heterocycles. The van der Waals surface area contributed by atoms with Crippen molar-refractivity contribution in [1.29, 1.82) is 0 Å². The Labute approximate surface area is 92.1 Å². The minimum Gasteiger partial charge on any atom is -0.397 e. The van der Waals surface area contributed by atoms with Crippen LogP contribution in [0.1, 0.15) is 24.5 Å². The monoisotopic (exact) mass is 204 g/mol. The van der Waals surface area contributed by atoms with Crippen LogP contribution in [0.25, 0.3) is 0 Å². The van der Waals surface area contributed by atoms with Crippen LogP contribution in [0.4, 0.5) is 11.4 Å². The molecule has 0 aromatic heterocycles. The molecule has 0 atom stereocenters. The third-order valence-corrected chi connectivity index (χ3v) is 3.52. The number of nitrogens with two attached hydrogens (primary N) is 1. The number of rotatable bonds is 2. The van der Waals surface area contributed by atoms with Crippen LogP contribution < -0.4 is 10.6 Å². The fourth-order valence-corrected chi connectivity index (χ4v) is 2.12. The molecule has 2 heteroatoms. The van der Waals surface area contributed by atoms with Crippen molar-refractivity contribution in [2.24, 2.45) is 5.92 Å². The van der Waals surface area contributed by atoms with Crippen molar-refractivity contribution >= 4 is 11.4 Å². The van der Waals surface area contributed by atoms with Gasteiger partial charge in [-0.1, -0.05) is 6.92 Å². The molecule has 0 radical (unpaired) electrons. The molecule has 0 saturated carbocycles.